The molecular formula is C27H23F4N3O. The van der Waals surface area contributed by atoms with Crippen molar-refractivity contribution in [1.29, 1.82) is 0 Å². The van der Waals surface area contributed by atoms with Crippen molar-refractivity contribution in [2.75, 3.05) is 16.5 Å². The lowest BCUT2D eigenvalue weighted by atomic mass is 10.00. The van der Waals surface area contributed by atoms with Crippen LogP contribution in [0.4, 0.5) is 34.6 Å². The molecule has 4 rings (SSSR count). The Labute approximate surface area is 200 Å². The minimum atomic E-state index is -4.61. The van der Waals surface area contributed by atoms with Gasteiger partial charge in [0.15, 0.2) is 0 Å². The number of aromatic nitrogens is 1. The second kappa shape index (κ2) is 9.74. The lowest BCUT2D eigenvalue weighted by Gasteiger charge is -2.39. The Morgan fingerprint density at radius 3 is 2.40 bits per heavy atom. The van der Waals surface area contributed by atoms with Crippen LogP contribution in [0.5, 0.6) is 0 Å². The molecule has 0 saturated heterocycles. The zero-order chi connectivity index (χ0) is 25.2. The summed E-state index contributed by atoms with van der Waals surface area (Å²) < 4.78 is 54.7. The van der Waals surface area contributed by atoms with Gasteiger partial charge < -0.3 is 4.90 Å². The summed E-state index contributed by atoms with van der Waals surface area (Å²) in [6.07, 6.45) is 3.37. The van der Waals surface area contributed by atoms with Crippen molar-refractivity contribution >= 4 is 23.0 Å². The average molecular weight is 481 g/mol. The molecule has 1 amide bonds. The van der Waals surface area contributed by atoms with Crippen molar-refractivity contribution in [1.82, 2.24) is 4.98 Å². The molecule has 3 aromatic rings. The third-order valence-electron chi connectivity index (χ3n) is 5.86. The van der Waals surface area contributed by atoms with E-state index in [2.05, 4.69) is 18.1 Å². The minimum Gasteiger partial charge on any atom is -0.322 e. The maximum absolute atomic E-state index is 14.1. The van der Waals surface area contributed by atoms with Crippen molar-refractivity contribution in [2.45, 2.75) is 25.4 Å². The van der Waals surface area contributed by atoms with Gasteiger partial charge in [0.1, 0.15) is 12.5 Å². The molecule has 2 aromatic carbocycles. The summed E-state index contributed by atoms with van der Waals surface area (Å²) in [4.78, 5) is 20.8. The first-order valence-electron chi connectivity index (χ1n) is 11.0. The second-order valence-corrected chi connectivity index (χ2v) is 8.13. The maximum Gasteiger partial charge on any atom is 0.416 e. The number of hydrogen-bond donors (Lipinski definition) is 0. The van der Waals surface area contributed by atoms with E-state index in [0.717, 1.165) is 12.1 Å². The van der Waals surface area contributed by atoms with Gasteiger partial charge in [-0.3, -0.25) is 14.7 Å². The van der Waals surface area contributed by atoms with E-state index in [1.54, 1.807) is 35.4 Å². The summed E-state index contributed by atoms with van der Waals surface area (Å²) in [6, 6.07) is 9.06. The number of halogens is 4. The number of amides is 1. The Morgan fingerprint density at radius 2 is 1.69 bits per heavy atom. The number of carbonyl (C=O) groups is 1. The molecule has 1 aromatic heterocycles. The molecule has 0 fully saturated rings. The molecule has 8 heteroatoms. The summed E-state index contributed by atoms with van der Waals surface area (Å²) in [7, 11) is 0. The predicted octanol–water partition coefficient (Wildman–Crippen LogP) is 6.84. The van der Waals surface area contributed by atoms with Crippen LogP contribution in [-0.2, 0) is 19.0 Å². The van der Waals surface area contributed by atoms with Gasteiger partial charge in [0.05, 0.1) is 22.5 Å². The van der Waals surface area contributed by atoms with Gasteiger partial charge in [0, 0.05) is 18.1 Å². The van der Waals surface area contributed by atoms with Gasteiger partial charge >= 0.3 is 6.18 Å². The fourth-order valence-electron chi connectivity index (χ4n) is 4.21. The van der Waals surface area contributed by atoms with Gasteiger partial charge in [0.2, 0.25) is 0 Å². The number of benzene rings is 2. The van der Waals surface area contributed by atoms with Crippen LogP contribution in [-0.4, -0.2) is 17.6 Å². The largest absolute Gasteiger partial charge is 0.416 e. The van der Waals surface area contributed by atoms with Gasteiger partial charge in [0.25, 0.3) is 5.91 Å². The van der Waals surface area contributed by atoms with Crippen LogP contribution < -0.4 is 9.80 Å². The van der Waals surface area contributed by atoms with Crippen LogP contribution >= 0.6 is 0 Å². The first-order chi connectivity index (χ1) is 16.7. The predicted molar refractivity (Wildman–Crippen MR) is 128 cm³/mol. The Morgan fingerprint density at radius 1 is 0.943 bits per heavy atom. The second-order valence-electron chi connectivity index (χ2n) is 8.13. The summed E-state index contributed by atoms with van der Waals surface area (Å²) in [5.74, 6) is -0.985. The Balaban J connectivity index is 1.92. The van der Waals surface area contributed by atoms with Crippen molar-refractivity contribution in [2.24, 2.45) is 0 Å². The Hall–Kier alpha value is -3.94. The van der Waals surface area contributed by atoms with Crippen molar-refractivity contribution in [3.8, 4) is 0 Å². The van der Waals surface area contributed by atoms with E-state index in [0.29, 0.717) is 47.5 Å². The van der Waals surface area contributed by atoms with Gasteiger partial charge in [-0.25, -0.2) is 4.39 Å². The molecule has 0 spiro atoms. The summed E-state index contributed by atoms with van der Waals surface area (Å²) in [6.45, 7) is 7.48. The first kappa shape index (κ1) is 24.2. The van der Waals surface area contributed by atoms with Gasteiger partial charge in [-0.05, 0) is 72.9 Å². The molecule has 0 bridgehead atoms. The number of anilines is 3. The van der Waals surface area contributed by atoms with E-state index in [1.807, 2.05) is 0 Å². The number of aryl methyl sites for hydroxylation is 1. The average Bonchev–Trinajstić information content (AvgIpc) is 2.83. The fourth-order valence-corrected chi connectivity index (χ4v) is 4.21. The van der Waals surface area contributed by atoms with E-state index in [1.165, 1.54) is 29.3 Å². The van der Waals surface area contributed by atoms with Crippen LogP contribution in [0.1, 0.15) is 33.5 Å². The third-order valence-corrected chi connectivity index (χ3v) is 5.86. The highest BCUT2D eigenvalue weighted by Crippen LogP contribution is 2.41. The topological polar surface area (TPSA) is 36.4 Å². The zero-order valence-electron chi connectivity index (χ0n) is 18.9. The smallest absolute Gasteiger partial charge is 0.322 e. The molecule has 0 unspecified atom stereocenters. The number of pyridine rings is 1. The lowest BCUT2D eigenvalue weighted by Crippen LogP contribution is -2.45. The number of fused-ring (bicyclic) bond motifs is 1. The lowest BCUT2D eigenvalue weighted by molar-refractivity contribution is -0.137. The van der Waals surface area contributed by atoms with E-state index < -0.39 is 23.5 Å². The van der Waals surface area contributed by atoms with Gasteiger partial charge in [-0.2, -0.15) is 13.2 Å². The molecule has 180 valence electrons. The molecule has 1 aliphatic heterocycles. The molecule has 0 atom stereocenters. The number of rotatable bonds is 7. The molecule has 4 nitrogen and oxygen atoms in total. The fraction of sp³-hybridized carbons (Fsp3) is 0.185. The van der Waals surface area contributed by atoms with Crippen LogP contribution in [0.15, 0.2) is 80.2 Å². The van der Waals surface area contributed by atoms with E-state index >= 15 is 0 Å². The Kier molecular flexibility index (Phi) is 6.73. The minimum absolute atomic E-state index is 0.0259. The van der Waals surface area contributed by atoms with Crippen molar-refractivity contribution < 1.29 is 22.4 Å². The Bertz CT molecular complexity index is 1290. The normalized spacial score (nSPS) is 13.5. The molecule has 1 aliphatic rings. The van der Waals surface area contributed by atoms with Crippen molar-refractivity contribution in [3.63, 3.8) is 0 Å². The third kappa shape index (κ3) is 4.82. The zero-order valence-corrected chi connectivity index (χ0v) is 18.9. The van der Waals surface area contributed by atoms with Crippen LogP contribution in [0.2, 0.25) is 0 Å². The number of alkyl halides is 3. The number of nitrogens with zero attached hydrogens (tertiary/aromatic N) is 3. The molecular weight excluding hydrogens is 458 g/mol. The van der Waals surface area contributed by atoms with Crippen molar-refractivity contribution in [3.05, 3.63) is 108 Å². The highest BCUT2D eigenvalue weighted by atomic mass is 19.4. The molecule has 0 radical (unpaired) electrons. The molecule has 2 heterocycles. The quantitative estimate of drug-likeness (QED) is 0.274. The van der Waals surface area contributed by atoms with E-state index in [9.17, 15) is 22.4 Å². The van der Waals surface area contributed by atoms with Crippen LogP contribution in [0, 0.1) is 5.82 Å². The summed E-state index contributed by atoms with van der Waals surface area (Å²) >= 11 is 0. The highest BCUT2D eigenvalue weighted by molar-refractivity contribution is 6.13. The van der Waals surface area contributed by atoms with Gasteiger partial charge in [-0.15, -0.1) is 13.2 Å². The van der Waals surface area contributed by atoms with E-state index in [4.69, 9.17) is 0 Å². The molecule has 0 aliphatic carbocycles. The first-order valence-corrected chi connectivity index (χ1v) is 11.0. The number of carbonyl (C=O) groups excluding carboxylic acids is 1. The SMILES string of the molecule is C=CCCc1cc(F)ccc1N1CN(c2ccncc2CC=C)C(=O)c2cc(C(F)(F)F)ccc21. The number of hydrogen-bond acceptors (Lipinski definition) is 3. The monoisotopic (exact) mass is 481 g/mol. The highest BCUT2D eigenvalue weighted by Gasteiger charge is 2.37. The van der Waals surface area contributed by atoms with Crippen LogP contribution in [0.3, 0.4) is 0 Å². The summed E-state index contributed by atoms with van der Waals surface area (Å²) in [5, 5.41) is 0. The summed E-state index contributed by atoms with van der Waals surface area (Å²) in [5.41, 5.74) is 1.80. The van der Waals surface area contributed by atoms with Crippen LogP contribution in [0.25, 0.3) is 0 Å². The molecule has 0 N–H and O–H groups in total. The standard InChI is InChI=1S/C27H23F4N3O/c1-3-5-7-18-14-21(28)9-11-23(18)33-17-34(24-12-13-32-16-19(24)6-4-2)26(35)22-15-20(27(29,30)31)8-10-25(22)33/h3-4,8-16H,1-2,5-7,17H2. The molecule has 0 saturated carbocycles. The van der Waals surface area contributed by atoms with E-state index in [-0.39, 0.29) is 12.2 Å². The van der Waals surface area contributed by atoms with Gasteiger partial charge in [-0.1, -0.05) is 12.2 Å². The number of allylic oxidation sites excluding steroid dienone is 2. The maximum atomic E-state index is 14.1. The molecule has 35 heavy (non-hydrogen) atoms.